The molecule has 1 heterocycles. The Kier molecular flexibility index (Phi) is 6.99. The predicted octanol–water partition coefficient (Wildman–Crippen LogP) is 2.12. The van der Waals surface area contributed by atoms with Crippen LogP contribution in [0.2, 0.25) is 0 Å². The van der Waals surface area contributed by atoms with Gasteiger partial charge >= 0.3 is 6.09 Å². The monoisotopic (exact) mass is 435 g/mol. The minimum atomic E-state index is -3.43. The Morgan fingerprint density at radius 2 is 2.00 bits per heavy atom. The van der Waals surface area contributed by atoms with E-state index in [0.29, 0.717) is 27.4 Å². The van der Waals surface area contributed by atoms with E-state index in [4.69, 9.17) is 4.74 Å². The van der Waals surface area contributed by atoms with Crippen LogP contribution in [0.3, 0.4) is 0 Å². The number of benzene rings is 1. The highest BCUT2D eigenvalue weighted by atomic mass is 32.2. The number of halogens is 1. The van der Waals surface area contributed by atoms with Crippen LogP contribution < -0.4 is 15.3 Å². The lowest BCUT2D eigenvalue weighted by molar-refractivity contribution is 0.0532. The van der Waals surface area contributed by atoms with E-state index in [1.54, 1.807) is 52.1 Å². The number of ether oxygens (including phenoxy) is 1. The Morgan fingerprint density at radius 1 is 1.33 bits per heavy atom. The highest BCUT2D eigenvalue weighted by molar-refractivity contribution is 7.88. The van der Waals surface area contributed by atoms with E-state index < -0.39 is 27.5 Å². The summed E-state index contributed by atoms with van der Waals surface area (Å²) in [5.41, 5.74) is 0.510. The van der Waals surface area contributed by atoms with Crippen LogP contribution in [0.4, 0.5) is 9.18 Å². The number of hydrogen-bond donors (Lipinski definition) is 1. The molecular weight excluding hydrogens is 409 g/mol. The minimum absolute atomic E-state index is 0.0697. The van der Waals surface area contributed by atoms with Crippen molar-refractivity contribution in [2.24, 2.45) is 4.99 Å². The quantitative estimate of drug-likeness (QED) is 0.729. The average Bonchev–Trinajstić information content (AvgIpc) is 3.02. The van der Waals surface area contributed by atoms with Gasteiger partial charge in [-0.25, -0.2) is 22.3 Å². The van der Waals surface area contributed by atoms with Gasteiger partial charge in [-0.05, 0) is 64.2 Å². The van der Waals surface area contributed by atoms with E-state index >= 15 is 0 Å². The fraction of sp³-hybridized carbons (Fsp3) is 0.333. The summed E-state index contributed by atoms with van der Waals surface area (Å²) in [4.78, 5) is 16.6. The van der Waals surface area contributed by atoms with Crippen LogP contribution in [-0.2, 0) is 21.3 Å². The molecule has 0 saturated carbocycles. The van der Waals surface area contributed by atoms with Gasteiger partial charge in [0.1, 0.15) is 11.4 Å². The summed E-state index contributed by atoms with van der Waals surface area (Å²) in [6.07, 6.45) is 3.74. The summed E-state index contributed by atoms with van der Waals surface area (Å²) in [6, 6.07) is 5.80. The average molecular weight is 436 g/mol. The molecule has 0 unspecified atom stereocenters. The first-order valence-corrected chi connectivity index (χ1v) is 11.1. The maximum absolute atomic E-state index is 14.2. The Bertz CT molecular complexity index is 1190. The van der Waals surface area contributed by atoms with Crippen LogP contribution in [0.5, 0.6) is 0 Å². The Balaban J connectivity index is 2.63. The first-order valence-electron chi connectivity index (χ1n) is 9.17. The lowest BCUT2D eigenvalue weighted by Crippen LogP contribution is -2.37. The maximum Gasteiger partial charge on any atom is 0.418 e. The van der Waals surface area contributed by atoms with E-state index in [2.05, 4.69) is 16.4 Å². The van der Waals surface area contributed by atoms with Crippen molar-refractivity contribution in [3.8, 4) is 0 Å². The molecule has 0 bridgehead atoms. The number of carbonyl (C=O) groups excluding carboxylic acids is 1. The molecule has 2 rings (SSSR count). The molecule has 0 spiro atoms. The zero-order chi connectivity index (χ0) is 22.7. The van der Waals surface area contributed by atoms with Crippen LogP contribution in [-0.4, -0.2) is 37.7 Å². The minimum Gasteiger partial charge on any atom is -0.443 e. The van der Waals surface area contributed by atoms with E-state index in [1.807, 2.05) is 0 Å². The van der Waals surface area contributed by atoms with Crippen molar-refractivity contribution in [3.63, 3.8) is 0 Å². The van der Waals surface area contributed by atoms with Crippen molar-refractivity contribution in [2.75, 3.05) is 6.26 Å². The molecule has 162 valence electrons. The predicted molar refractivity (Wildman–Crippen MR) is 116 cm³/mol. The van der Waals surface area contributed by atoms with Crippen LogP contribution >= 0.6 is 0 Å². The lowest BCUT2D eigenvalue weighted by atomic mass is 10.1. The van der Waals surface area contributed by atoms with Gasteiger partial charge in [0.05, 0.1) is 17.3 Å². The maximum atomic E-state index is 14.2. The largest absolute Gasteiger partial charge is 0.443 e. The van der Waals surface area contributed by atoms with Gasteiger partial charge < -0.3 is 4.74 Å². The number of nitrogens with zero attached hydrogens (tertiary/aromatic N) is 2. The second-order valence-corrected chi connectivity index (χ2v) is 9.53. The van der Waals surface area contributed by atoms with Crippen molar-refractivity contribution >= 4 is 34.6 Å². The molecule has 0 atom stereocenters. The van der Waals surface area contributed by atoms with Gasteiger partial charge in [0, 0.05) is 23.5 Å². The molecule has 2 aromatic rings. The highest BCUT2D eigenvalue weighted by Crippen LogP contribution is 2.17. The summed E-state index contributed by atoms with van der Waals surface area (Å²) in [6.45, 7) is 10.6. The van der Waals surface area contributed by atoms with Crippen molar-refractivity contribution in [1.82, 2.24) is 9.29 Å². The van der Waals surface area contributed by atoms with Gasteiger partial charge in [0.15, 0.2) is 0 Å². The molecule has 1 aromatic carbocycles. The van der Waals surface area contributed by atoms with Crippen molar-refractivity contribution in [1.29, 1.82) is 0 Å². The number of aliphatic imine (C=N–C) groups is 1. The van der Waals surface area contributed by atoms with Crippen LogP contribution in [0.25, 0.3) is 11.8 Å². The van der Waals surface area contributed by atoms with Crippen molar-refractivity contribution in [3.05, 3.63) is 58.0 Å². The number of rotatable bonds is 5. The molecule has 1 N–H and O–H groups in total. The summed E-state index contributed by atoms with van der Waals surface area (Å²) >= 11 is 0. The van der Waals surface area contributed by atoms with Crippen LogP contribution in [0, 0.1) is 5.82 Å². The summed E-state index contributed by atoms with van der Waals surface area (Å²) in [7, 11) is -3.43. The summed E-state index contributed by atoms with van der Waals surface area (Å²) in [5, 5.41) is 1.08. The van der Waals surface area contributed by atoms with Crippen molar-refractivity contribution in [2.45, 2.75) is 39.8 Å². The van der Waals surface area contributed by atoms with Gasteiger partial charge in [-0.3, -0.25) is 9.56 Å². The molecular formula is C21H26FN3O4S. The third kappa shape index (κ3) is 6.11. The van der Waals surface area contributed by atoms with Gasteiger partial charge in [0.2, 0.25) is 10.0 Å². The van der Waals surface area contributed by atoms with Gasteiger partial charge in [-0.2, -0.15) is 0 Å². The third-order valence-electron chi connectivity index (χ3n) is 3.97. The topological polar surface area (TPSA) is 89.8 Å². The summed E-state index contributed by atoms with van der Waals surface area (Å²) < 4.78 is 46.0. The molecule has 0 amide bonds. The molecule has 7 nitrogen and oxygen atoms in total. The second-order valence-electron chi connectivity index (χ2n) is 7.70. The number of hydrogen-bond acceptors (Lipinski definition) is 5. The third-order valence-corrected chi connectivity index (χ3v) is 4.64. The zero-order valence-corrected chi connectivity index (χ0v) is 18.5. The first-order chi connectivity index (χ1) is 13.8. The molecule has 30 heavy (non-hydrogen) atoms. The van der Waals surface area contributed by atoms with E-state index in [-0.39, 0.29) is 6.54 Å². The van der Waals surface area contributed by atoms with Gasteiger partial charge in [-0.15, -0.1) is 0 Å². The molecule has 0 fully saturated rings. The van der Waals surface area contributed by atoms with E-state index in [1.165, 1.54) is 16.7 Å². The van der Waals surface area contributed by atoms with E-state index in [9.17, 15) is 17.6 Å². The highest BCUT2D eigenvalue weighted by Gasteiger charge is 2.19. The normalized spacial score (nSPS) is 13.9. The molecule has 0 radical (unpaired) electrons. The van der Waals surface area contributed by atoms with Gasteiger partial charge in [0.25, 0.3) is 0 Å². The second kappa shape index (κ2) is 8.93. The smallest absolute Gasteiger partial charge is 0.418 e. The first kappa shape index (κ1) is 23.5. The standard InChI is InChI=1S/C21H26FN3O4S/c1-7-18-17(8-9-25(18)20(26)29-21(2,3)4)19(23-5)15-10-14(11-16(22)12-15)13-24-30(6,27)28/h7-12,24H,5,13H2,1-4,6H3/b18-7+,19-17-. The van der Waals surface area contributed by atoms with Gasteiger partial charge in [-0.1, -0.05) is 6.08 Å². The zero-order valence-electron chi connectivity index (χ0n) is 17.7. The number of aromatic nitrogens is 1. The molecule has 0 aliphatic carbocycles. The molecule has 0 aliphatic rings. The molecule has 0 saturated heterocycles. The Labute approximate surface area is 175 Å². The number of carbonyl (C=O) groups is 1. The Hall–Kier alpha value is -2.78. The summed E-state index contributed by atoms with van der Waals surface area (Å²) in [5.74, 6) is -0.549. The Morgan fingerprint density at radius 3 is 2.53 bits per heavy atom. The number of nitrogens with one attached hydrogen (secondary N) is 1. The molecule has 1 aromatic heterocycles. The fourth-order valence-corrected chi connectivity index (χ4v) is 3.27. The fourth-order valence-electron chi connectivity index (χ4n) is 2.85. The van der Waals surface area contributed by atoms with Crippen LogP contribution in [0.15, 0.2) is 35.5 Å². The van der Waals surface area contributed by atoms with E-state index in [0.717, 1.165) is 6.26 Å². The molecule has 0 aliphatic heterocycles. The number of sulfonamides is 1. The lowest BCUT2D eigenvalue weighted by Gasteiger charge is -2.19. The SMILES string of the molecule is C=N/C(c1cc(F)cc(CNS(C)(=O)=O)c1)=c1/ccn(C(=O)OC(C)(C)C)/c1=C/C. The molecule has 9 heteroatoms. The van der Waals surface area contributed by atoms with Crippen molar-refractivity contribution < 1.29 is 22.3 Å². The van der Waals surface area contributed by atoms with Crippen LogP contribution in [0.1, 0.15) is 38.8 Å².